The fraction of sp³-hybridized carbons (Fsp3) is 0.600. The van der Waals surface area contributed by atoms with Crippen molar-refractivity contribution < 1.29 is 23.5 Å². The summed E-state index contributed by atoms with van der Waals surface area (Å²) < 4.78 is 25.4. The summed E-state index contributed by atoms with van der Waals surface area (Å²) in [5.41, 5.74) is -1.94. The van der Waals surface area contributed by atoms with E-state index in [0.29, 0.717) is 6.42 Å². The number of halogens is 1. The highest BCUT2D eigenvalue weighted by molar-refractivity contribution is 8.13. The van der Waals surface area contributed by atoms with Gasteiger partial charge in [0.2, 0.25) is 5.82 Å². The molecule has 2 heterocycles. The molecule has 1 saturated heterocycles. The van der Waals surface area contributed by atoms with Crippen molar-refractivity contribution in [2.45, 2.75) is 51.5 Å². The van der Waals surface area contributed by atoms with Crippen molar-refractivity contribution in [1.29, 1.82) is 0 Å². The summed E-state index contributed by atoms with van der Waals surface area (Å²) >= 11 is 1.04. The Morgan fingerprint density at radius 1 is 1.40 bits per heavy atom. The second-order valence-electron chi connectivity index (χ2n) is 5.43. The predicted octanol–water partition coefficient (Wildman–Crippen LogP) is 0.955. The number of aromatic nitrogens is 2. The van der Waals surface area contributed by atoms with Gasteiger partial charge in [-0.2, -0.15) is 4.39 Å². The van der Waals surface area contributed by atoms with E-state index >= 15 is 0 Å². The van der Waals surface area contributed by atoms with E-state index in [1.165, 1.54) is 0 Å². The number of ether oxygens (including phenoxy) is 2. The second-order valence-corrected chi connectivity index (χ2v) is 6.50. The first kappa shape index (κ1) is 19.4. The first-order valence-electron chi connectivity index (χ1n) is 7.87. The van der Waals surface area contributed by atoms with Gasteiger partial charge in [-0.3, -0.25) is 23.9 Å². The van der Waals surface area contributed by atoms with E-state index < -0.39 is 41.5 Å². The number of rotatable bonds is 6. The standard InChI is InChI=1S/C15H19FN2O6S/c1-3-12(19)24-9-5-11(23-10(9)7-25-13(20)4-2)18-6-8(16)14(21)17-15(18)22/h6,9-11H,3-5,7H2,1-2H3,(H,17,21,22)/t9-,10+,11+/m0/s1. The molecule has 0 bridgehead atoms. The van der Waals surface area contributed by atoms with Gasteiger partial charge in [0.1, 0.15) is 18.4 Å². The quantitative estimate of drug-likeness (QED) is 0.739. The third-order valence-corrected chi connectivity index (χ3v) is 4.79. The maximum absolute atomic E-state index is 13.5. The molecule has 1 aromatic heterocycles. The number of hydrogen-bond donors (Lipinski definition) is 1. The molecule has 0 unspecified atom stereocenters. The summed E-state index contributed by atoms with van der Waals surface area (Å²) in [7, 11) is 0. The maximum Gasteiger partial charge on any atom is 0.330 e. The van der Waals surface area contributed by atoms with Gasteiger partial charge in [-0.15, -0.1) is 0 Å². The van der Waals surface area contributed by atoms with Gasteiger partial charge in [0, 0.05) is 25.0 Å². The highest BCUT2D eigenvalue weighted by atomic mass is 32.2. The minimum Gasteiger partial charge on any atom is -0.459 e. The Bertz CT molecular complexity index is 761. The molecule has 1 aromatic rings. The van der Waals surface area contributed by atoms with Crippen LogP contribution in [0.1, 0.15) is 39.3 Å². The lowest BCUT2D eigenvalue weighted by molar-refractivity contribution is -0.150. The van der Waals surface area contributed by atoms with Gasteiger partial charge in [-0.1, -0.05) is 25.6 Å². The Labute approximate surface area is 146 Å². The van der Waals surface area contributed by atoms with E-state index in [4.69, 9.17) is 9.47 Å². The van der Waals surface area contributed by atoms with Gasteiger partial charge >= 0.3 is 11.7 Å². The van der Waals surface area contributed by atoms with E-state index in [1.54, 1.807) is 13.8 Å². The number of nitrogens with zero attached hydrogens (tertiary/aromatic N) is 1. The number of thioether (sulfide) groups is 1. The Hall–Kier alpha value is -1.94. The largest absolute Gasteiger partial charge is 0.459 e. The van der Waals surface area contributed by atoms with E-state index in [2.05, 4.69) is 0 Å². The molecule has 1 aliphatic rings. The lowest BCUT2D eigenvalue weighted by Gasteiger charge is -2.17. The van der Waals surface area contributed by atoms with Crippen molar-refractivity contribution in [3.05, 3.63) is 32.9 Å². The second kappa shape index (κ2) is 8.43. The number of esters is 1. The third kappa shape index (κ3) is 4.79. The molecule has 138 valence electrons. The number of aromatic amines is 1. The van der Waals surface area contributed by atoms with Crippen LogP contribution in [-0.4, -0.2) is 38.6 Å². The Kier molecular flexibility index (Phi) is 6.54. The molecular weight excluding hydrogens is 355 g/mol. The molecule has 8 nitrogen and oxygen atoms in total. The average molecular weight is 374 g/mol. The summed E-state index contributed by atoms with van der Waals surface area (Å²) in [5.74, 6) is -1.32. The Morgan fingerprint density at radius 2 is 2.12 bits per heavy atom. The van der Waals surface area contributed by atoms with E-state index in [9.17, 15) is 23.6 Å². The molecule has 10 heteroatoms. The summed E-state index contributed by atoms with van der Waals surface area (Å²) in [6.45, 7) is 3.37. The van der Waals surface area contributed by atoms with Crippen LogP contribution >= 0.6 is 11.8 Å². The predicted molar refractivity (Wildman–Crippen MR) is 87.7 cm³/mol. The van der Waals surface area contributed by atoms with Crippen LogP contribution in [0.25, 0.3) is 0 Å². The maximum atomic E-state index is 13.5. The number of carbonyl (C=O) groups is 2. The van der Waals surface area contributed by atoms with E-state index in [1.807, 2.05) is 4.98 Å². The minimum absolute atomic E-state index is 0.0418. The van der Waals surface area contributed by atoms with E-state index in [-0.39, 0.29) is 23.7 Å². The summed E-state index contributed by atoms with van der Waals surface area (Å²) in [6, 6.07) is 0. The average Bonchev–Trinajstić information content (AvgIpc) is 2.98. The number of carbonyl (C=O) groups excluding carboxylic acids is 2. The fourth-order valence-corrected chi connectivity index (χ4v) is 3.20. The summed E-state index contributed by atoms with van der Waals surface area (Å²) in [4.78, 5) is 48.0. The SMILES string of the molecule is CCC(=O)O[C@H]1C[C@H](n2cc(F)c(=O)[nH]c2=O)O[C@@H]1CSC(=O)CC. The lowest BCUT2D eigenvalue weighted by Crippen LogP contribution is -2.34. The third-order valence-electron chi connectivity index (χ3n) is 3.68. The van der Waals surface area contributed by atoms with Gasteiger partial charge in [0.25, 0.3) is 5.56 Å². The number of H-pyrrole nitrogens is 1. The van der Waals surface area contributed by atoms with Crippen LogP contribution < -0.4 is 11.2 Å². The molecule has 1 N–H and O–H groups in total. The van der Waals surface area contributed by atoms with Crippen LogP contribution in [0.2, 0.25) is 0 Å². The Morgan fingerprint density at radius 3 is 2.76 bits per heavy atom. The van der Waals surface area contributed by atoms with Crippen molar-refractivity contribution in [3.8, 4) is 0 Å². The molecule has 1 fully saturated rings. The summed E-state index contributed by atoms with van der Waals surface area (Å²) in [5, 5.41) is -0.0418. The minimum atomic E-state index is -1.12. The molecule has 0 radical (unpaired) electrons. The van der Waals surface area contributed by atoms with Crippen LogP contribution in [0, 0.1) is 5.82 Å². The topological polar surface area (TPSA) is 107 Å². The van der Waals surface area contributed by atoms with Crippen LogP contribution in [0.15, 0.2) is 15.8 Å². The normalized spacial score (nSPS) is 22.8. The smallest absolute Gasteiger partial charge is 0.330 e. The molecule has 0 aromatic carbocycles. The number of hydrogen-bond acceptors (Lipinski definition) is 7. The van der Waals surface area contributed by atoms with Crippen LogP contribution in [0.3, 0.4) is 0 Å². The van der Waals surface area contributed by atoms with Crippen molar-refractivity contribution >= 4 is 22.8 Å². The highest BCUT2D eigenvalue weighted by Gasteiger charge is 2.39. The van der Waals surface area contributed by atoms with E-state index in [0.717, 1.165) is 22.5 Å². The first-order valence-corrected chi connectivity index (χ1v) is 8.85. The summed E-state index contributed by atoms with van der Waals surface area (Å²) in [6.07, 6.45) is -0.803. The van der Waals surface area contributed by atoms with Gasteiger partial charge in [0.15, 0.2) is 5.12 Å². The molecule has 0 aliphatic carbocycles. The molecule has 2 rings (SSSR count). The highest BCUT2D eigenvalue weighted by Crippen LogP contribution is 2.32. The molecule has 25 heavy (non-hydrogen) atoms. The monoisotopic (exact) mass is 374 g/mol. The van der Waals surface area contributed by atoms with Crippen LogP contribution in [0.5, 0.6) is 0 Å². The van der Waals surface area contributed by atoms with Crippen molar-refractivity contribution in [2.75, 3.05) is 5.75 Å². The molecule has 3 atom stereocenters. The van der Waals surface area contributed by atoms with Crippen molar-refractivity contribution in [3.63, 3.8) is 0 Å². The zero-order chi connectivity index (χ0) is 18.6. The van der Waals surface area contributed by atoms with Gasteiger partial charge in [-0.25, -0.2) is 4.79 Å². The molecule has 0 amide bonds. The molecule has 0 spiro atoms. The van der Waals surface area contributed by atoms with Crippen molar-refractivity contribution in [1.82, 2.24) is 9.55 Å². The molecule has 1 aliphatic heterocycles. The van der Waals surface area contributed by atoms with Crippen LogP contribution in [0.4, 0.5) is 4.39 Å². The van der Waals surface area contributed by atoms with Gasteiger partial charge < -0.3 is 9.47 Å². The van der Waals surface area contributed by atoms with Crippen molar-refractivity contribution in [2.24, 2.45) is 0 Å². The zero-order valence-corrected chi connectivity index (χ0v) is 14.6. The van der Waals surface area contributed by atoms with Gasteiger partial charge in [-0.05, 0) is 0 Å². The lowest BCUT2D eigenvalue weighted by atomic mass is 10.2. The van der Waals surface area contributed by atoms with Crippen LogP contribution in [-0.2, 0) is 19.1 Å². The van der Waals surface area contributed by atoms with Gasteiger partial charge in [0.05, 0.1) is 6.20 Å². The zero-order valence-electron chi connectivity index (χ0n) is 13.8. The number of nitrogens with one attached hydrogen (secondary N) is 1. The molecular formula is C15H19FN2O6S. The fourth-order valence-electron chi connectivity index (χ4n) is 2.35. The first-order chi connectivity index (χ1) is 11.8. The Balaban J connectivity index is 2.20. The molecule has 0 saturated carbocycles.